The van der Waals surface area contributed by atoms with Crippen LogP contribution in [0.5, 0.6) is 11.5 Å². The monoisotopic (exact) mass is 490 g/mol. The zero-order valence-corrected chi connectivity index (χ0v) is 17.6. The van der Waals surface area contributed by atoms with Gasteiger partial charge in [-0.3, -0.25) is 4.79 Å². The number of nitrogens with zero attached hydrogens (tertiary/aromatic N) is 1. The summed E-state index contributed by atoms with van der Waals surface area (Å²) in [7, 11) is 1.61. The van der Waals surface area contributed by atoms with Crippen molar-refractivity contribution in [1.82, 2.24) is 5.43 Å². The van der Waals surface area contributed by atoms with Crippen molar-refractivity contribution in [2.45, 2.75) is 0 Å². The van der Waals surface area contributed by atoms with Crippen LogP contribution in [-0.4, -0.2) is 25.8 Å². The van der Waals surface area contributed by atoms with Gasteiger partial charge in [0.1, 0.15) is 11.5 Å². The molecule has 0 atom stereocenters. The molecule has 0 spiro atoms. The van der Waals surface area contributed by atoms with Crippen LogP contribution >= 0.6 is 31.9 Å². The molecule has 5 nitrogen and oxygen atoms in total. The zero-order valence-electron chi connectivity index (χ0n) is 14.4. The maximum absolute atomic E-state index is 11.9. The molecule has 0 unspecified atom stereocenters. The Morgan fingerprint density at radius 2 is 1.89 bits per heavy atom. The smallest absolute Gasteiger partial charge is 0.277 e. The number of methoxy groups -OCH3 is 1. The highest BCUT2D eigenvalue weighted by Gasteiger charge is 2.09. The highest BCUT2D eigenvalue weighted by Crippen LogP contribution is 2.34. The standard InChI is InChI=1S/C20H16Br2N2O3/c1-26-16-6-2-13(3-7-16)11-23-24-19(25)12-27-18-9-4-14-10-15(21)5-8-17(14)20(18)22/h2-11H,12H2,1H3,(H,24,25)/b23-11+. The molecule has 0 aliphatic carbocycles. The molecule has 0 saturated carbocycles. The van der Waals surface area contributed by atoms with Gasteiger partial charge in [-0.15, -0.1) is 0 Å². The van der Waals surface area contributed by atoms with Gasteiger partial charge >= 0.3 is 0 Å². The van der Waals surface area contributed by atoms with Crippen LogP contribution in [0.25, 0.3) is 10.8 Å². The molecule has 0 bridgehead atoms. The Kier molecular flexibility index (Phi) is 6.47. The van der Waals surface area contributed by atoms with E-state index in [1.807, 2.05) is 54.6 Å². The molecule has 3 aromatic carbocycles. The van der Waals surface area contributed by atoms with Gasteiger partial charge in [0.05, 0.1) is 17.8 Å². The summed E-state index contributed by atoms with van der Waals surface area (Å²) < 4.78 is 12.5. The number of carbonyl (C=O) groups is 1. The van der Waals surface area contributed by atoms with Gasteiger partial charge in [0.2, 0.25) is 0 Å². The van der Waals surface area contributed by atoms with Gasteiger partial charge < -0.3 is 9.47 Å². The normalized spacial score (nSPS) is 10.9. The van der Waals surface area contributed by atoms with Gasteiger partial charge in [0, 0.05) is 4.47 Å². The van der Waals surface area contributed by atoms with Gasteiger partial charge in [0.15, 0.2) is 6.61 Å². The maximum Gasteiger partial charge on any atom is 0.277 e. The molecule has 138 valence electrons. The summed E-state index contributed by atoms with van der Waals surface area (Å²) in [5, 5.41) is 6.00. The second-order valence-corrected chi connectivity index (χ2v) is 7.31. The lowest BCUT2D eigenvalue weighted by Crippen LogP contribution is -2.24. The molecule has 1 N–H and O–H groups in total. The van der Waals surface area contributed by atoms with Crippen LogP contribution in [0.15, 0.2) is 68.6 Å². The summed E-state index contributed by atoms with van der Waals surface area (Å²) in [6.07, 6.45) is 1.56. The molecule has 27 heavy (non-hydrogen) atoms. The summed E-state index contributed by atoms with van der Waals surface area (Å²) in [5.41, 5.74) is 3.29. The molecule has 7 heteroatoms. The number of amides is 1. The molecule has 0 aliphatic rings. The third-order valence-corrected chi connectivity index (χ3v) is 5.07. The number of halogens is 2. The lowest BCUT2D eigenvalue weighted by atomic mass is 10.1. The Hall–Kier alpha value is -2.38. The van der Waals surface area contributed by atoms with Crippen LogP contribution in [0.2, 0.25) is 0 Å². The Morgan fingerprint density at radius 3 is 2.63 bits per heavy atom. The van der Waals surface area contributed by atoms with Gasteiger partial charge in [-0.05, 0) is 74.7 Å². The van der Waals surface area contributed by atoms with E-state index in [4.69, 9.17) is 9.47 Å². The lowest BCUT2D eigenvalue weighted by molar-refractivity contribution is -0.123. The fourth-order valence-corrected chi connectivity index (χ4v) is 3.39. The van der Waals surface area contributed by atoms with E-state index in [1.165, 1.54) is 0 Å². The van der Waals surface area contributed by atoms with Crippen molar-refractivity contribution in [2.24, 2.45) is 5.10 Å². The molecule has 0 saturated heterocycles. The second-order valence-electron chi connectivity index (χ2n) is 5.60. The Balaban J connectivity index is 1.57. The minimum atomic E-state index is -0.345. The van der Waals surface area contributed by atoms with Crippen molar-refractivity contribution >= 4 is 54.8 Å². The van der Waals surface area contributed by atoms with Crippen LogP contribution < -0.4 is 14.9 Å². The lowest BCUT2D eigenvalue weighted by Gasteiger charge is -2.10. The molecule has 0 radical (unpaired) electrons. The largest absolute Gasteiger partial charge is 0.497 e. The summed E-state index contributed by atoms with van der Waals surface area (Å²) >= 11 is 6.99. The first-order chi connectivity index (χ1) is 13.1. The van der Waals surface area contributed by atoms with Crippen molar-refractivity contribution in [1.29, 1.82) is 0 Å². The van der Waals surface area contributed by atoms with Crippen molar-refractivity contribution in [3.63, 3.8) is 0 Å². The molecular weight excluding hydrogens is 476 g/mol. The summed E-state index contributed by atoms with van der Waals surface area (Å²) in [6, 6.07) is 17.1. The van der Waals surface area contributed by atoms with E-state index >= 15 is 0 Å². The molecule has 3 rings (SSSR count). The van der Waals surface area contributed by atoms with E-state index in [-0.39, 0.29) is 12.5 Å². The van der Waals surface area contributed by atoms with Crippen LogP contribution in [-0.2, 0) is 4.79 Å². The molecule has 0 aliphatic heterocycles. The topological polar surface area (TPSA) is 59.9 Å². The summed E-state index contributed by atoms with van der Waals surface area (Å²) in [5.74, 6) is 1.01. The quantitative estimate of drug-likeness (QED) is 0.394. The number of benzene rings is 3. The average Bonchev–Trinajstić information content (AvgIpc) is 2.68. The van der Waals surface area contributed by atoms with Crippen molar-refractivity contribution in [3.8, 4) is 11.5 Å². The van der Waals surface area contributed by atoms with Crippen molar-refractivity contribution < 1.29 is 14.3 Å². The number of hydrogen-bond acceptors (Lipinski definition) is 4. The molecular formula is C20H16Br2N2O3. The Labute approximate surface area is 173 Å². The number of rotatable bonds is 6. The van der Waals surface area contributed by atoms with Crippen LogP contribution in [0.3, 0.4) is 0 Å². The molecule has 0 aromatic heterocycles. The predicted octanol–water partition coefficient (Wildman–Crippen LogP) is 4.90. The van der Waals surface area contributed by atoms with Gasteiger partial charge in [-0.1, -0.05) is 28.1 Å². The number of carbonyl (C=O) groups excluding carboxylic acids is 1. The van der Waals surface area contributed by atoms with Crippen LogP contribution in [0.1, 0.15) is 5.56 Å². The fraction of sp³-hybridized carbons (Fsp3) is 0.100. The van der Waals surface area contributed by atoms with Gasteiger partial charge in [-0.25, -0.2) is 5.43 Å². The SMILES string of the molecule is COc1ccc(/C=N/NC(=O)COc2ccc3cc(Br)ccc3c2Br)cc1. The minimum Gasteiger partial charge on any atom is -0.497 e. The number of ether oxygens (including phenoxy) is 2. The number of fused-ring (bicyclic) bond motifs is 1. The second kappa shape index (κ2) is 9.01. The van der Waals surface area contributed by atoms with Crippen LogP contribution in [0, 0.1) is 0 Å². The first-order valence-electron chi connectivity index (χ1n) is 8.03. The van der Waals surface area contributed by atoms with Crippen molar-refractivity contribution in [3.05, 3.63) is 69.1 Å². The number of hydrogen-bond donors (Lipinski definition) is 1. The van der Waals surface area contributed by atoms with E-state index in [9.17, 15) is 4.79 Å². The summed E-state index contributed by atoms with van der Waals surface area (Å²) in [4.78, 5) is 11.9. The number of hydrazone groups is 1. The van der Waals surface area contributed by atoms with Gasteiger partial charge in [-0.2, -0.15) is 5.10 Å². The third-order valence-electron chi connectivity index (χ3n) is 3.76. The fourth-order valence-electron chi connectivity index (χ4n) is 2.40. The molecule has 1 amide bonds. The first kappa shape index (κ1) is 19.4. The highest BCUT2D eigenvalue weighted by atomic mass is 79.9. The highest BCUT2D eigenvalue weighted by molar-refractivity contribution is 9.11. The predicted molar refractivity (Wildman–Crippen MR) is 114 cm³/mol. The Morgan fingerprint density at radius 1 is 1.11 bits per heavy atom. The van der Waals surface area contributed by atoms with E-state index < -0.39 is 0 Å². The van der Waals surface area contributed by atoms with Gasteiger partial charge in [0.25, 0.3) is 5.91 Å². The first-order valence-corrected chi connectivity index (χ1v) is 9.62. The van der Waals surface area contributed by atoms with E-state index in [2.05, 4.69) is 42.4 Å². The zero-order chi connectivity index (χ0) is 19.2. The molecule has 0 heterocycles. The molecule has 3 aromatic rings. The van der Waals surface area contributed by atoms with E-state index in [0.717, 1.165) is 31.0 Å². The number of nitrogens with one attached hydrogen (secondary N) is 1. The van der Waals surface area contributed by atoms with Crippen molar-refractivity contribution in [2.75, 3.05) is 13.7 Å². The van der Waals surface area contributed by atoms with E-state index in [1.54, 1.807) is 13.3 Å². The Bertz CT molecular complexity index is 988. The van der Waals surface area contributed by atoms with E-state index in [0.29, 0.717) is 5.75 Å². The minimum absolute atomic E-state index is 0.138. The third kappa shape index (κ3) is 5.08. The molecule has 0 fully saturated rings. The maximum atomic E-state index is 11.9. The van der Waals surface area contributed by atoms with Crippen LogP contribution in [0.4, 0.5) is 0 Å². The average molecular weight is 492 g/mol. The summed E-state index contributed by atoms with van der Waals surface area (Å²) in [6.45, 7) is -0.138.